The number of hydrogen-bond acceptors (Lipinski definition) is 3. The van der Waals surface area contributed by atoms with Gasteiger partial charge < -0.3 is 5.32 Å². The molecule has 3 nitrogen and oxygen atoms in total. The number of rotatable bonds is 2. The fraction of sp³-hybridized carbons (Fsp3) is 0.667. The van der Waals surface area contributed by atoms with Gasteiger partial charge >= 0.3 is 0 Å². The van der Waals surface area contributed by atoms with E-state index in [4.69, 9.17) is 9.97 Å². The minimum atomic E-state index is 0.654. The maximum atomic E-state index is 4.73. The third-order valence-corrected chi connectivity index (χ3v) is 3.60. The van der Waals surface area contributed by atoms with Crippen LogP contribution in [0.2, 0.25) is 0 Å². The van der Waals surface area contributed by atoms with Crippen LogP contribution >= 0.6 is 0 Å². The molecule has 1 N–H and O–H groups in total. The molecule has 0 amide bonds. The standard InChI is InChI=1S/C12H17N3/c1-2-10-9-6-13-7-11(9)15-12(14-10)8-4-3-5-8/h8,13H,2-7H2,1H3. The lowest BCUT2D eigenvalue weighted by molar-refractivity contribution is 0.399. The zero-order valence-corrected chi connectivity index (χ0v) is 9.21. The van der Waals surface area contributed by atoms with Gasteiger partial charge in [0.15, 0.2) is 0 Å². The highest BCUT2D eigenvalue weighted by molar-refractivity contribution is 5.30. The van der Waals surface area contributed by atoms with Gasteiger partial charge in [0.2, 0.25) is 0 Å². The molecule has 0 saturated heterocycles. The topological polar surface area (TPSA) is 37.8 Å². The number of hydrogen-bond donors (Lipinski definition) is 1. The van der Waals surface area contributed by atoms with Crippen molar-refractivity contribution in [2.45, 2.75) is 51.6 Å². The quantitative estimate of drug-likeness (QED) is 0.798. The molecule has 3 rings (SSSR count). The molecule has 2 heterocycles. The highest BCUT2D eigenvalue weighted by atomic mass is 15.0. The summed E-state index contributed by atoms with van der Waals surface area (Å²) < 4.78 is 0. The van der Waals surface area contributed by atoms with Crippen LogP contribution in [0.3, 0.4) is 0 Å². The Kier molecular flexibility index (Phi) is 2.20. The molecule has 0 atom stereocenters. The molecule has 0 spiro atoms. The summed E-state index contributed by atoms with van der Waals surface area (Å²) in [5, 5.41) is 3.36. The lowest BCUT2D eigenvalue weighted by Crippen LogP contribution is -2.15. The van der Waals surface area contributed by atoms with Crippen LogP contribution < -0.4 is 5.32 Å². The first-order valence-corrected chi connectivity index (χ1v) is 5.97. The summed E-state index contributed by atoms with van der Waals surface area (Å²) >= 11 is 0. The summed E-state index contributed by atoms with van der Waals surface area (Å²) in [5.74, 6) is 1.77. The van der Waals surface area contributed by atoms with Gasteiger partial charge in [0.25, 0.3) is 0 Å². The maximum absolute atomic E-state index is 4.73. The van der Waals surface area contributed by atoms with Crippen molar-refractivity contribution in [1.82, 2.24) is 15.3 Å². The summed E-state index contributed by atoms with van der Waals surface area (Å²) in [6, 6.07) is 0. The van der Waals surface area contributed by atoms with Crippen LogP contribution in [-0.2, 0) is 19.5 Å². The molecule has 1 aliphatic heterocycles. The zero-order valence-electron chi connectivity index (χ0n) is 9.21. The Morgan fingerprint density at radius 1 is 1.27 bits per heavy atom. The molecule has 1 aromatic rings. The monoisotopic (exact) mass is 203 g/mol. The van der Waals surface area contributed by atoms with E-state index >= 15 is 0 Å². The first-order chi connectivity index (χ1) is 7.38. The van der Waals surface area contributed by atoms with Gasteiger partial charge in [0.05, 0.1) is 5.69 Å². The van der Waals surface area contributed by atoms with Crippen molar-refractivity contribution in [3.8, 4) is 0 Å². The summed E-state index contributed by atoms with van der Waals surface area (Å²) in [4.78, 5) is 9.44. The molecular weight excluding hydrogens is 186 g/mol. The fourth-order valence-electron chi connectivity index (χ4n) is 2.40. The molecule has 15 heavy (non-hydrogen) atoms. The Morgan fingerprint density at radius 3 is 2.80 bits per heavy atom. The van der Waals surface area contributed by atoms with Crippen molar-refractivity contribution < 1.29 is 0 Å². The molecule has 80 valence electrons. The van der Waals surface area contributed by atoms with Crippen molar-refractivity contribution in [3.05, 3.63) is 22.8 Å². The van der Waals surface area contributed by atoms with Crippen LogP contribution in [0, 0.1) is 0 Å². The highest BCUT2D eigenvalue weighted by Crippen LogP contribution is 2.35. The molecule has 0 unspecified atom stereocenters. The first kappa shape index (κ1) is 9.28. The zero-order chi connectivity index (χ0) is 10.3. The van der Waals surface area contributed by atoms with Crippen LogP contribution in [-0.4, -0.2) is 9.97 Å². The van der Waals surface area contributed by atoms with E-state index in [2.05, 4.69) is 12.2 Å². The predicted octanol–water partition coefficient (Wildman–Crippen LogP) is 1.91. The number of aromatic nitrogens is 2. The number of nitrogens with zero attached hydrogens (tertiary/aromatic N) is 2. The van der Waals surface area contributed by atoms with Gasteiger partial charge in [-0.05, 0) is 19.3 Å². The normalized spacial score (nSPS) is 20.1. The number of nitrogens with one attached hydrogen (secondary N) is 1. The summed E-state index contributed by atoms with van der Waals surface area (Å²) in [6.07, 6.45) is 4.96. The predicted molar refractivity (Wildman–Crippen MR) is 58.5 cm³/mol. The molecule has 1 aromatic heterocycles. The second kappa shape index (κ2) is 3.56. The largest absolute Gasteiger partial charge is 0.307 e. The number of fused-ring (bicyclic) bond motifs is 1. The minimum Gasteiger partial charge on any atom is -0.307 e. The summed E-state index contributed by atoms with van der Waals surface area (Å²) in [7, 11) is 0. The van der Waals surface area contributed by atoms with E-state index in [0.717, 1.165) is 25.3 Å². The summed E-state index contributed by atoms with van der Waals surface area (Å²) in [5.41, 5.74) is 3.89. The molecule has 1 fully saturated rings. The van der Waals surface area contributed by atoms with Gasteiger partial charge in [-0.25, -0.2) is 9.97 Å². The van der Waals surface area contributed by atoms with Gasteiger partial charge in [-0.2, -0.15) is 0 Å². The van der Waals surface area contributed by atoms with Crippen LogP contribution in [0.5, 0.6) is 0 Å². The second-order valence-corrected chi connectivity index (χ2v) is 4.54. The van der Waals surface area contributed by atoms with E-state index < -0.39 is 0 Å². The smallest absolute Gasteiger partial charge is 0.132 e. The Labute approximate surface area is 90.3 Å². The third kappa shape index (κ3) is 1.46. The van der Waals surface area contributed by atoms with Crippen LogP contribution in [0.15, 0.2) is 0 Å². The van der Waals surface area contributed by atoms with E-state index in [1.54, 1.807) is 0 Å². The molecule has 3 heteroatoms. The van der Waals surface area contributed by atoms with E-state index in [0.29, 0.717) is 5.92 Å². The van der Waals surface area contributed by atoms with Crippen LogP contribution in [0.4, 0.5) is 0 Å². The minimum absolute atomic E-state index is 0.654. The number of aryl methyl sites for hydroxylation is 1. The lowest BCUT2D eigenvalue weighted by atomic mass is 9.84. The van der Waals surface area contributed by atoms with E-state index in [1.807, 2.05) is 0 Å². The van der Waals surface area contributed by atoms with Gasteiger partial charge in [0, 0.05) is 30.3 Å². The molecule has 0 bridgehead atoms. The molecule has 1 saturated carbocycles. The average molecular weight is 203 g/mol. The van der Waals surface area contributed by atoms with Gasteiger partial charge in [-0.3, -0.25) is 0 Å². The van der Waals surface area contributed by atoms with Crippen molar-refractivity contribution >= 4 is 0 Å². The van der Waals surface area contributed by atoms with Gasteiger partial charge in [0.1, 0.15) is 5.82 Å². The van der Waals surface area contributed by atoms with E-state index in [9.17, 15) is 0 Å². The van der Waals surface area contributed by atoms with Gasteiger partial charge in [-0.1, -0.05) is 13.3 Å². The van der Waals surface area contributed by atoms with Crippen molar-refractivity contribution in [2.24, 2.45) is 0 Å². The Hall–Kier alpha value is -0.960. The Morgan fingerprint density at radius 2 is 2.13 bits per heavy atom. The SMILES string of the molecule is CCc1nc(C2CCC2)nc2c1CNC2. The Bertz CT molecular complexity index is 383. The highest BCUT2D eigenvalue weighted by Gasteiger charge is 2.25. The molecule has 0 radical (unpaired) electrons. The molecular formula is C12H17N3. The third-order valence-electron chi connectivity index (χ3n) is 3.60. The van der Waals surface area contributed by atoms with Crippen LogP contribution in [0.25, 0.3) is 0 Å². The molecule has 2 aliphatic rings. The molecule has 0 aromatic carbocycles. The molecule has 1 aliphatic carbocycles. The second-order valence-electron chi connectivity index (χ2n) is 4.54. The summed E-state index contributed by atoms with van der Waals surface area (Å²) in [6.45, 7) is 4.08. The fourth-order valence-corrected chi connectivity index (χ4v) is 2.40. The van der Waals surface area contributed by atoms with E-state index in [-0.39, 0.29) is 0 Å². The maximum Gasteiger partial charge on any atom is 0.132 e. The van der Waals surface area contributed by atoms with E-state index in [1.165, 1.54) is 36.2 Å². The van der Waals surface area contributed by atoms with Crippen molar-refractivity contribution in [1.29, 1.82) is 0 Å². The Balaban J connectivity index is 2.02. The average Bonchev–Trinajstić information content (AvgIpc) is 2.61. The lowest BCUT2D eigenvalue weighted by Gasteiger charge is -2.24. The van der Waals surface area contributed by atoms with Gasteiger partial charge in [-0.15, -0.1) is 0 Å². The van der Waals surface area contributed by atoms with Crippen molar-refractivity contribution in [3.63, 3.8) is 0 Å². The van der Waals surface area contributed by atoms with Crippen LogP contribution in [0.1, 0.15) is 54.9 Å². The first-order valence-electron chi connectivity index (χ1n) is 5.97. The van der Waals surface area contributed by atoms with Crippen molar-refractivity contribution in [2.75, 3.05) is 0 Å².